The summed E-state index contributed by atoms with van der Waals surface area (Å²) < 4.78 is 3.16. The molecule has 0 unspecified atom stereocenters. The predicted octanol–water partition coefficient (Wildman–Crippen LogP) is 8.40. The fraction of sp³-hybridized carbons (Fsp3) is 0.176. The van der Waals surface area contributed by atoms with E-state index in [9.17, 15) is 14.4 Å². The average molecular weight is 642 g/mol. The number of oxime groups is 1. The zero-order valence-corrected chi connectivity index (χ0v) is 25.9. The number of nitrogens with zero attached hydrogens (tertiary/aromatic N) is 2. The number of carbonyl (C=O) groups excluding carboxylic acids is 3. The van der Waals surface area contributed by atoms with Crippen LogP contribution >= 0.6 is 27.7 Å². The van der Waals surface area contributed by atoms with Crippen LogP contribution in [0.2, 0.25) is 0 Å². The number of aromatic nitrogens is 1. The first-order valence-electron chi connectivity index (χ1n) is 13.6. The zero-order valence-electron chi connectivity index (χ0n) is 23.5. The molecule has 1 aromatic heterocycles. The van der Waals surface area contributed by atoms with Gasteiger partial charge in [0.25, 0.3) is 0 Å². The van der Waals surface area contributed by atoms with E-state index in [1.165, 1.54) is 6.92 Å². The lowest BCUT2D eigenvalue weighted by Crippen LogP contribution is -2.16. The molecule has 0 saturated carbocycles. The van der Waals surface area contributed by atoms with Gasteiger partial charge in [0.15, 0.2) is 5.78 Å². The molecule has 5 aromatic rings. The van der Waals surface area contributed by atoms with Gasteiger partial charge in [0.1, 0.15) is 5.71 Å². The Labute approximate surface area is 256 Å². The summed E-state index contributed by atoms with van der Waals surface area (Å²) in [4.78, 5) is 44.6. The van der Waals surface area contributed by atoms with Gasteiger partial charge in [-0.25, -0.2) is 4.79 Å². The van der Waals surface area contributed by atoms with Crippen molar-refractivity contribution in [2.24, 2.45) is 5.16 Å². The number of Topliss-reactive ketones (excluding diaryl/α,β-unsaturated/α-hetero) is 1. The van der Waals surface area contributed by atoms with Crippen molar-refractivity contribution in [3.63, 3.8) is 0 Å². The summed E-state index contributed by atoms with van der Waals surface area (Å²) in [5.41, 5.74) is 4.73. The molecule has 0 fully saturated rings. The fourth-order valence-electron chi connectivity index (χ4n) is 4.99. The number of thioether (sulfide) groups is 1. The molecule has 42 heavy (non-hydrogen) atoms. The van der Waals surface area contributed by atoms with E-state index in [2.05, 4.69) is 32.6 Å². The molecule has 0 N–H and O–H groups in total. The van der Waals surface area contributed by atoms with E-state index >= 15 is 0 Å². The van der Waals surface area contributed by atoms with Crippen LogP contribution in [0.25, 0.3) is 21.8 Å². The third-order valence-corrected chi connectivity index (χ3v) is 8.61. The number of fused-ring (bicyclic) bond motifs is 3. The van der Waals surface area contributed by atoms with Gasteiger partial charge in [-0.15, -0.1) is 11.8 Å². The van der Waals surface area contributed by atoms with Crippen LogP contribution in [0.5, 0.6) is 0 Å². The van der Waals surface area contributed by atoms with Crippen molar-refractivity contribution in [3.8, 4) is 0 Å². The molecular weight excluding hydrogens is 612 g/mol. The van der Waals surface area contributed by atoms with E-state index in [-0.39, 0.29) is 17.3 Å². The summed E-state index contributed by atoms with van der Waals surface area (Å²) in [5, 5.41) is 5.70. The van der Waals surface area contributed by atoms with E-state index in [0.717, 1.165) is 43.3 Å². The third kappa shape index (κ3) is 6.25. The largest absolute Gasteiger partial charge is 0.341 e. The van der Waals surface area contributed by atoms with Crippen LogP contribution in [0.4, 0.5) is 0 Å². The number of benzene rings is 4. The Hall–Kier alpha value is -4.01. The van der Waals surface area contributed by atoms with Crippen LogP contribution < -0.4 is 0 Å². The van der Waals surface area contributed by atoms with Gasteiger partial charge in [0, 0.05) is 73.5 Å². The van der Waals surface area contributed by atoms with Crippen LogP contribution in [-0.2, 0) is 16.2 Å². The highest BCUT2D eigenvalue weighted by Gasteiger charge is 2.20. The van der Waals surface area contributed by atoms with Crippen molar-refractivity contribution in [1.82, 2.24) is 4.57 Å². The van der Waals surface area contributed by atoms with Gasteiger partial charge in [0.05, 0.1) is 0 Å². The topological polar surface area (TPSA) is 77.7 Å². The first-order valence-corrected chi connectivity index (χ1v) is 15.4. The molecule has 212 valence electrons. The molecule has 0 aliphatic carbocycles. The third-order valence-electron chi connectivity index (χ3n) is 7.06. The Morgan fingerprint density at radius 2 is 1.52 bits per heavy atom. The summed E-state index contributed by atoms with van der Waals surface area (Å²) in [6, 6.07) is 26.8. The van der Waals surface area contributed by atoms with Crippen LogP contribution in [0.3, 0.4) is 0 Å². The first-order chi connectivity index (χ1) is 20.3. The van der Waals surface area contributed by atoms with Gasteiger partial charge < -0.3 is 9.40 Å². The molecule has 1 heterocycles. The molecule has 0 aliphatic heterocycles. The first kappa shape index (κ1) is 29.5. The molecule has 0 saturated heterocycles. The number of halogens is 1. The number of hydrogen-bond acceptors (Lipinski definition) is 6. The standard InChI is InChI=1S/C34H29BrN2O4S/c1-4-37-31-15-9-23(33(39)27-8-6-5-7-21(27)2)19-28(31)29-20-24(10-16-32(29)37)34(40)30(36-41-22(3)38)17-18-42-26-13-11-25(35)12-14-26/h5-16,19-20H,4,17-18H2,1-3H3/b36-30-. The average Bonchev–Trinajstić information content (AvgIpc) is 3.31. The van der Waals surface area contributed by atoms with Gasteiger partial charge in [-0.2, -0.15) is 0 Å². The summed E-state index contributed by atoms with van der Waals surface area (Å²) in [6.07, 6.45) is 0.316. The van der Waals surface area contributed by atoms with E-state index in [4.69, 9.17) is 4.84 Å². The van der Waals surface area contributed by atoms with E-state index < -0.39 is 5.97 Å². The second-order valence-corrected chi connectivity index (χ2v) is 11.9. The zero-order chi connectivity index (χ0) is 29.8. The van der Waals surface area contributed by atoms with Crippen LogP contribution in [0.15, 0.2) is 99.5 Å². The summed E-state index contributed by atoms with van der Waals surface area (Å²) in [5.74, 6) is -0.360. The lowest BCUT2D eigenvalue weighted by atomic mass is 9.97. The molecule has 0 bridgehead atoms. The maximum atomic E-state index is 13.7. The van der Waals surface area contributed by atoms with Crippen molar-refractivity contribution in [3.05, 3.63) is 112 Å². The fourth-order valence-corrected chi connectivity index (χ4v) is 6.12. The van der Waals surface area contributed by atoms with Gasteiger partial charge in [-0.05, 0) is 80.1 Å². The minimum Gasteiger partial charge on any atom is -0.341 e. The highest BCUT2D eigenvalue weighted by Crippen LogP contribution is 2.32. The second-order valence-electron chi connectivity index (χ2n) is 9.85. The lowest BCUT2D eigenvalue weighted by molar-refractivity contribution is -0.140. The minimum absolute atomic E-state index is 0.0429. The molecule has 0 radical (unpaired) electrons. The van der Waals surface area contributed by atoms with Crippen molar-refractivity contribution in [1.29, 1.82) is 0 Å². The number of rotatable bonds is 10. The maximum absolute atomic E-state index is 13.7. The quantitative estimate of drug-likeness (QED) is 0.0503. The number of ketones is 2. The van der Waals surface area contributed by atoms with E-state index in [0.29, 0.717) is 28.9 Å². The van der Waals surface area contributed by atoms with Crippen molar-refractivity contribution >= 4 is 72.7 Å². The minimum atomic E-state index is -0.590. The predicted molar refractivity (Wildman–Crippen MR) is 173 cm³/mol. The Bertz CT molecular complexity index is 1860. The Balaban J connectivity index is 1.50. The maximum Gasteiger partial charge on any atom is 0.331 e. The van der Waals surface area contributed by atoms with Gasteiger partial charge in [-0.1, -0.05) is 45.4 Å². The van der Waals surface area contributed by atoms with Gasteiger partial charge in [0.2, 0.25) is 5.78 Å². The molecule has 8 heteroatoms. The van der Waals surface area contributed by atoms with Gasteiger partial charge in [-0.3, -0.25) is 9.59 Å². The van der Waals surface area contributed by atoms with Crippen molar-refractivity contribution < 1.29 is 19.2 Å². The Morgan fingerprint density at radius 3 is 2.17 bits per heavy atom. The monoisotopic (exact) mass is 640 g/mol. The van der Waals surface area contributed by atoms with E-state index in [1.54, 1.807) is 17.8 Å². The van der Waals surface area contributed by atoms with Crippen LogP contribution in [0, 0.1) is 6.92 Å². The smallest absolute Gasteiger partial charge is 0.331 e. The SMILES string of the molecule is CCn1c2ccc(C(=O)/C(CCSc3ccc(Br)cc3)=N\OC(C)=O)cc2c2cc(C(=O)c3ccccc3C)ccc21. The highest BCUT2D eigenvalue weighted by molar-refractivity contribution is 9.10. The van der Waals surface area contributed by atoms with Crippen molar-refractivity contribution in [2.45, 2.75) is 38.6 Å². The number of aryl methyl sites for hydroxylation is 2. The Kier molecular flexibility index (Phi) is 9.04. The molecule has 0 aliphatic rings. The summed E-state index contributed by atoms with van der Waals surface area (Å²) in [6.45, 7) is 5.98. The highest BCUT2D eigenvalue weighted by atomic mass is 79.9. The number of hydrogen-bond donors (Lipinski definition) is 0. The van der Waals surface area contributed by atoms with Crippen LogP contribution in [0.1, 0.15) is 52.1 Å². The molecule has 0 atom stereocenters. The van der Waals surface area contributed by atoms with Crippen LogP contribution in [-0.4, -0.2) is 33.6 Å². The molecule has 0 amide bonds. The molecule has 6 nitrogen and oxygen atoms in total. The van der Waals surface area contributed by atoms with Gasteiger partial charge >= 0.3 is 5.97 Å². The van der Waals surface area contributed by atoms with Crippen molar-refractivity contribution in [2.75, 3.05) is 5.75 Å². The molecule has 4 aromatic carbocycles. The molecule has 5 rings (SSSR count). The second kappa shape index (κ2) is 12.9. The summed E-state index contributed by atoms with van der Waals surface area (Å²) in [7, 11) is 0. The molecular formula is C34H29BrN2O4S. The van der Waals surface area contributed by atoms with E-state index in [1.807, 2.05) is 85.8 Å². The summed E-state index contributed by atoms with van der Waals surface area (Å²) >= 11 is 5.03. The lowest BCUT2D eigenvalue weighted by Gasteiger charge is -2.07. The normalized spacial score (nSPS) is 11.7. The number of carbonyl (C=O) groups is 3. The Morgan fingerprint density at radius 1 is 0.881 bits per heavy atom. The molecule has 0 spiro atoms.